The first-order chi connectivity index (χ1) is 8.54. The molecule has 0 amide bonds. The van der Waals surface area contributed by atoms with Crippen LogP contribution in [0.2, 0.25) is 0 Å². The summed E-state index contributed by atoms with van der Waals surface area (Å²) in [6.07, 6.45) is 8.14. The monoisotopic (exact) mass is 252 g/mol. The smallest absolute Gasteiger partial charge is 0.331 e. The molecule has 0 aromatic rings. The second-order valence-electron chi connectivity index (χ2n) is 4.54. The van der Waals surface area contributed by atoms with Gasteiger partial charge >= 0.3 is 5.97 Å². The molecule has 1 atom stereocenters. The SMILES string of the molecule is C=CC(=O)C=C(CCC(CC)CCCC)C(=O)O. The second kappa shape index (κ2) is 9.63. The van der Waals surface area contributed by atoms with Gasteiger partial charge in [0, 0.05) is 5.57 Å². The molecule has 0 bridgehead atoms. The minimum Gasteiger partial charge on any atom is -0.478 e. The van der Waals surface area contributed by atoms with E-state index in [0.717, 1.165) is 31.8 Å². The Kier molecular flexibility index (Phi) is 8.89. The van der Waals surface area contributed by atoms with Crippen LogP contribution in [0.1, 0.15) is 52.4 Å². The minimum atomic E-state index is -1.00. The third-order valence-corrected chi connectivity index (χ3v) is 3.16. The van der Waals surface area contributed by atoms with Crippen LogP contribution in [0, 0.1) is 5.92 Å². The predicted octanol–water partition coefficient (Wildman–Crippen LogP) is 3.75. The van der Waals surface area contributed by atoms with E-state index in [0.29, 0.717) is 12.3 Å². The first-order valence-corrected chi connectivity index (χ1v) is 6.65. The van der Waals surface area contributed by atoms with Crippen molar-refractivity contribution >= 4 is 11.8 Å². The maximum atomic E-state index is 11.2. The Hall–Kier alpha value is -1.38. The zero-order chi connectivity index (χ0) is 14.0. The van der Waals surface area contributed by atoms with E-state index in [2.05, 4.69) is 20.4 Å². The molecule has 0 spiro atoms. The van der Waals surface area contributed by atoms with Gasteiger partial charge < -0.3 is 5.11 Å². The summed E-state index contributed by atoms with van der Waals surface area (Å²) in [4.78, 5) is 22.2. The van der Waals surface area contributed by atoms with Gasteiger partial charge in [-0.15, -0.1) is 0 Å². The number of unbranched alkanes of at least 4 members (excludes halogenated alkanes) is 1. The number of hydrogen-bond donors (Lipinski definition) is 1. The fourth-order valence-corrected chi connectivity index (χ4v) is 1.88. The lowest BCUT2D eigenvalue weighted by molar-refractivity contribution is -0.133. The average Bonchev–Trinajstić information content (AvgIpc) is 2.36. The van der Waals surface area contributed by atoms with Crippen molar-refractivity contribution in [1.29, 1.82) is 0 Å². The van der Waals surface area contributed by atoms with Crippen LogP contribution in [0.3, 0.4) is 0 Å². The lowest BCUT2D eigenvalue weighted by Gasteiger charge is -2.14. The molecule has 0 aliphatic rings. The molecule has 0 aliphatic heterocycles. The normalized spacial score (nSPS) is 13.1. The molecule has 0 heterocycles. The topological polar surface area (TPSA) is 54.4 Å². The van der Waals surface area contributed by atoms with Gasteiger partial charge in [-0.25, -0.2) is 4.79 Å². The quantitative estimate of drug-likeness (QED) is 0.602. The Morgan fingerprint density at radius 1 is 1.28 bits per heavy atom. The molecule has 18 heavy (non-hydrogen) atoms. The summed E-state index contributed by atoms with van der Waals surface area (Å²) in [5.74, 6) is -0.795. The van der Waals surface area contributed by atoms with E-state index in [-0.39, 0.29) is 11.4 Å². The highest BCUT2D eigenvalue weighted by molar-refractivity contribution is 6.04. The molecule has 0 saturated carbocycles. The number of aliphatic carboxylic acids is 1. The first kappa shape index (κ1) is 16.6. The number of carboxylic acids is 1. The Bertz CT molecular complexity index is 316. The lowest BCUT2D eigenvalue weighted by Crippen LogP contribution is -2.07. The third kappa shape index (κ3) is 7.05. The fourth-order valence-electron chi connectivity index (χ4n) is 1.88. The molecule has 1 N–H and O–H groups in total. The summed E-state index contributed by atoms with van der Waals surface area (Å²) < 4.78 is 0. The van der Waals surface area contributed by atoms with Crippen molar-refractivity contribution in [1.82, 2.24) is 0 Å². The summed E-state index contributed by atoms with van der Waals surface area (Å²) in [5, 5.41) is 9.02. The van der Waals surface area contributed by atoms with Crippen LogP contribution in [0.4, 0.5) is 0 Å². The number of hydrogen-bond acceptors (Lipinski definition) is 2. The molecule has 3 nitrogen and oxygen atoms in total. The van der Waals surface area contributed by atoms with Crippen molar-refractivity contribution in [3.8, 4) is 0 Å². The number of carbonyl (C=O) groups excluding carboxylic acids is 1. The van der Waals surface area contributed by atoms with E-state index in [1.807, 2.05) is 0 Å². The van der Waals surface area contributed by atoms with Gasteiger partial charge in [-0.05, 0) is 30.9 Å². The fraction of sp³-hybridized carbons (Fsp3) is 0.600. The van der Waals surface area contributed by atoms with Gasteiger partial charge in [-0.2, -0.15) is 0 Å². The van der Waals surface area contributed by atoms with Crippen LogP contribution >= 0.6 is 0 Å². The largest absolute Gasteiger partial charge is 0.478 e. The Labute approximate surface area is 110 Å². The number of carbonyl (C=O) groups is 2. The van der Waals surface area contributed by atoms with E-state index in [4.69, 9.17) is 5.11 Å². The Morgan fingerprint density at radius 3 is 2.39 bits per heavy atom. The maximum absolute atomic E-state index is 11.2. The predicted molar refractivity (Wildman–Crippen MR) is 73.5 cm³/mol. The van der Waals surface area contributed by atoms with Gasteiger partial charge in [0.05, 0.1) is 0 Å². The molecule has 102 valence electrons. The molecule has 0 saturated heterocycles. The summed E-state index contributed by atoms with van der Waals surface area (Å²) >= 11 is 0. The molecular formula is C15H24O3. The average molecular weight is 252 g/mol. The number of allylic oxidation sites excluding steroid dienone is 2. The van der Waals surface area contributed by atoms with Crippen LogP contribution in [0.15, 0.2) is 24.3 Å². The minimum absolute atomic E-state index is 0.190. The molecule has 0 aromatic carbocycles. The molecule has 1 unspecified atom stereocenters. The van der Waals surface area contributed by atoms with Gasteiger partial charge in [-0.3, -0.25) is 4.79 Å². The summed E-state index contributed by atoms with van der Waals surface area (Å²) in [6, 6.07) is 0. The number of rotatable bonds is 10. The van der Waals surface area contributed by atoms with Gasteiger partial charge in [0.15, 0.2) is 5.78 Å². The van der Waals surface area contributed by atoms with Crippen LogP contribution in [0.5, 0.6) is 0 Å². The van der Waals surface area contributed by atoms with Gasteiger partial charge in [0.25, 0.3) is 0 Å². The summed E-state index contributed by atoms with van der Waals surface area (Å²) in [6.45, 7) is 7.61. The van der Waals surface area contributed by atoms with E-state index in [1.54, 1.807) is 0 Å². The van der Waals surface area contributed by atoms with E-state index < -0.39 is 5.97 Å². The van der Waals surface area contributed by atoms with Crippen molar-refractivity contribution in [3.63, 3.8) is 0 Å². The summed E-state index contributed by atoms with van der Waals surface area (Å²) in [5.41, 5.74) is 0.190. The van der Waals surface area contributed by atoms with Crippen molar-refractivity contribution in [2.45, 2.75) is 52.4 Å². The highest BCUT2D eigenvalue weighted by Gasteiger charge is 2.12. The van der Waals surface area contributed by atoms with E-state index in [9.17, 15) is 9.59 Å². The maximum Gasteiger partial charge on any atom is 0.331 e. The van der Waals surface area contributed by atoms with Crippen molar-refractivity contribution < 1.29 is 14.7 Å². The zero-order valence-electron chi connectivity index (χ0n) is 11.4. The lowest BCUT2D eigenvalue weighted by atomic mass is 9.92. The standard InChI is InChI=1S/C15H24O3/c1-4-7-8-12(5-2)9-10-13(15(17)18)11-14(16)6-3/h6,11-12H,3-5,7-10H2,1-2H3,(H,17,18). The Morgan fingerprint density at radius 2 is 1.94 bits per heavy atom. The molecule has 0 rings (SSSR count). The molecule has 0 radical (unpaired) electrons. The number of ketones is 1. The molecule has 3 heteroatoms. The van der Waals surface area contributed by atoms with Crippen molar-refractivity contribution in [3.05, 3.63) is 24.3 Å². The molecular weight excluding hydrogens is 228 g/mol. The zero-order valence-corrected chi connectivity index (χ0v) is 11.4. The van der Waals surface area contributed by atoms with Crippen LogP contribution in [-0.2, 0) is 9.59 Å². The van der Waals surface area contributed by atoms with E-state index in [1.165, 1.54) is 12.5 Å². The third-order valence-electron chi connectivity index (χ3n) is 3.16. The molecule has 0 aliphatic carbocycles. The first-order valence-electron chi connectivity index (χ1n) is 6.65. The van der Waals surface area contributed by atoms with Crippen LogP contribution < -0.4 is 0 Å². The van der Waals surface area contributed by atoms with Gasteiger partial charge in [-0.1, -0.05) is 46.1 Å². The van der Waals surface area contributed by atoms with Crippen molar-refractivity contribution in [2.24, 2.45) is 5.92 Å². The van der Waals surface area contributed by atoms with Crippen LogP contribution in [0.25, 0.3) is 0 Å². The Balaban J connectivity index is 4.42. The highest BCUT2D eigenvalue weighted by atomic mass is 16.4. The molecule has 0 fully saturated rings. The second-order valence-corrected chi connectivity index (χ2v) is 4.54. The van der Waals surface area contributed by atoms with E-state index >= 15 is 0 Å². The molecule has 0 aromatic heterocycles. The van der Waals surface area contributed by atoms with Crippen molar-refractivity contribution in [2.75, 3.05) is 0 Å². The van der Waals surface area contributed by atoms with Gasteiger partial charge in [0.1, 0.15) is 0 Å². The summed E-state index contributed by atoms with van der Waals surface area (Å²) in [7, 11) is 0. The van der Waals surface area contributed by atoms with Gasteiger partial charge in [0.2, 0.25) is 0 Å². The van der Waals surface area contributed by atoms with Crippen LogP contribution in [-0.4, -0.2) is 16.9 Å². The number of carboxylic acid groups (broad SMARTS) is 1. The highest BCUT2D eigenvalue weighted by Crippen LogP contribution is 2.21.